The predicted octanol–water partition coefficient (Wildman–Crippen LogP) is 4.50. The Hall–Kier alpha value is -0.430. The minimum atomic E-state index is 0.801. The quantitative estimate of drug-likeness (QED) is 0.663. The molecular formula is C13H20S. The van der Waals surface area contributed by atoms with E-state index in [9.17, 15) is 0 Å². The van der Waals surface area contributed by atoms with E-state index >= 15 is 0 Å². The summed E-state index contributed by atoms with van der Waals surface area (Å²) in [4.78, 5) is 0. The molecule has 0 saturated heterocycles. The van der Waals surface area contributed by atoms with Crippen LogP contribution in [0.25, 0.3) is 0 Å². The highest BCUT2D eigenvalue weighted by Gasteiger charge is 2.01. The van der Waals surface area contributed by atoms with Crippen molar-refractivity contribution >= 4 is 11.8 Å². The lowest BCUT2D eigenvalue weighted by molar-refractivity contribution is 0.713. The summed E-state index contributed by atoms with van der Waals surface area (Å²) in [5.41, 5.74) is 1.45. The average molecular weight is 208 g/mol. The zero-order valence-electron chi connectivity index (χ0n) is 9.20. The van der Waals surface area contributed by atoms with Gasteiger partial charge in [-0.3, -0.25) is 0 Å². The topological polar surface area (TPSA) is 0 Å². The second kappa shape index (κ2) is 6.94. The Kier molecular flexibility index (Phi) is 5.77. The van der Waals surface area contributed by atoms with Crippen LogP contribution in [0.3, 0.4) is 0 Å². The predicted molar refractivity (Wildman–Crippen MR) is 66.7 cm³/mol. The molecule has 14 heavy (non-hydrogen) atoms. The molecule has 78 valence electrons. The van der Waals surface area contributed by atoms with Crippen molar-refractivity contribution in [1.82, 2.24) is 0 Å². The Morgan fingerprint density at radius 1 is 1.21 bits per heavy atom. The summed E-state index contributed by atoms with van der Waals surface area (Å²) in [6.45, 7) is 4.60. The molecule has 0 amide bonds. The molecule has 1 aromatic rings. The molecule has 1 heteroatoms. The SMILES string of the molecule is CCCCC(C)SCc1ccccc1. The van der Waals surface area contributed by atoms with Crippen LogP contribution in [0.4, 0.5) is 0 Å². The van der Waals surface area contributed by atoms with Crippen molar-refractivity contribution < 1.29 is 0 Å². The highest BCUT2D eigenvalue weighted by Crippen LogP contribution is 2.21. The third-order valence-corrected chi connectivity index (χ3v) is 3.65. The van der Waals surface area contributed by atoms with Gasteiger partial charge in [-0.05, 0) is 12.0 Å². The van der Waals surface area contributed by atoms with Crippen molar-refractivity contribution in [2.24, 2.45) is 0 Å². The van der Waals surface area contributed by atoms with Crippen LogP contribution in [0.15, 0.2) is 30.3 Å². The van der Waals surface area contributed by atoms with Gasteiger partial charge in [0.1, 0.15) is 0 Å². The van der Waals surface area contributed by atoms with E-state index in [1.54, 1.807) is 0 Å². The molecule has 1 unspecified atom stereocenters. The van der Waals surface area contributed by atoms with Gasteiger partial charge >= 0.3 is 0 Å². The van der Waals surface area contributed by atoms with Crippen LogP contribution in [0.1, 0.15) is 38.7 Å². The normalized spacial score (nSPS) is 12.7. The first-order chi connectivity index (χ1) is 6.83. The van der Waals surface area contributed by atoms with Gasteiger partial charge < -0.3 is 0 Å². The standard InChI is InChI=1S/C13H20S/c1-3-4-8-12(2)14-11-13-9-6-5-7-10-13/h5-7,9-10,12H,3-4,8,11H2,1-2H3. The summed E-state index contributed by atoms with van der Waals surface area (Å²) in [5.74, 6) is 1.16. The van der Waals surface area contributed by atoms with Crippen molar-refractivity contribution in [2.45, 2.75) is 44.1 Å². The third kappa shape index (κ3) is 4.71. The number of benzene rings is 1. The molecule has 1 atom stereocenters. The molecule has 0 nitrogen and oxygen atoms in total. The van der Waals surface area contributed by atoms with Gasteiger partial charge in [-0.25, -0.2) is 0 Å². The minimum Gasteiger partial charge on any atom is -0.154 e. The van der Waals surface area contributed by atoms with Gasteiger partial charge in [0.15, 0.2) is 0 Å². The van der Waals surface area contributed by atoms with Crippen LogP contribution < -0.4 is 0 Å². The molecular weight excluding hydrogens is 188 g/mol. The van der Waals surface area contributed by atoms with Crippen molar-refractivity contribution in [1.29, 1.82) is 0 Å². The maximum Gasteiger partial charge on any atom is 0.0187 e. The third-order valence-electron chi connectivity index (χ3n) is 2.34. The largest absolute Gasteiger partial charge is 0.154 e. The second-order valence-electron chi connectivity index (χ2n) is 3.75. The molecule has 1 aromatic carbocycles. The monoisotopic (exact) mass is 208 g/mol. The molecule has 0 spiro atoms. The molecule has 0 heterocycles. The number of unbranched alkanes of at least 4 members (excludes halogenated alkanes) is 1. The Bertz CT molecular complexity index is 230. The van der Waals surface area contributed by atoms with Crippen LogP contribution in [0.2, 0.25) is 0 Å². The van der Waals surface area contributed by atoms with Gasteiger partial charge in [0.2, 0.25) is 0 Å². The zero-order chi connectivity index (χ0) is 10.2. The fraction of sp³-hybridized carbons (Fsp3) is 0.538. The highest BCUT2D eigenvalue weighted by molar-refractivity contribution is 7.99. The number of rotatable bonds is 6. The molecule has 0 bridgehead atoms. The van der Waals surface area contributed by atoms with E-state index in [4.69, 9.17) is 0 Å². The summed E-state index contributed by atoms with van der Waals surface area (Å²) in [6.07, 6.45) is 4.03. The average Bonchev–Trinajstić information content (AvgIpc) is 2.25. The van der Waals surface area contributed by atoms with Gasteiger partial charge in [0.05, 0.1) is 0 Å². The van der Waals surface area contributed by atoms with E-state index in [1.165, 1.54) is 24.8 Å². The molecule has 1 rings (SSSR count). The van der Waals surface area contributed by atoms with E-state index in [2.05, 4.69) is 55.9 Å². The Morgan fingerprint density at radius 3 is 2.57 bits per heavy atom. The first kappa shape index (κ1) is 11.6. The van der Waals surface area contributed by atoms with E-state index in [0.717, 1.165) is 11.0 Å². The van der Waals surface area contributed by atoms with Crippen LogP contribution in [-0.4, -0.2) is 5.25 Å². The van der Waals surface area contributed by atoms with Gasteiger partial charge in [0.25, 0.3) is 0 Å². The maximum absolute atomic E-state index is 2.34. The Labute approximate surface area is 92.1 Å². The lowest BCUT2D eigenvalue weighted by atomic mass is 10.2. The van der Waals surface area contributed by atoms with Gasteiger partial charge in [-0.1, -0.05) is 57.0 Å². The van der Waals surface area contributed by atoms with Crippen molar-refractivity contribution in [3.8, 4) is 0 Å². The fourth-order valence-electron chi connectivity index (χ4n) is 1.39. The highest BCUT2D eigenvalue weighted by atomic mass is 32.2. The lowest BCUT2D eigenvalue weighted by Crippen LogP contribution is -1.96. The lowest BCUT2D eigenvalue weighted by Gasteiger charge is -2.09. The minimum absolute atomic E-state index is 0.801. The van der Waals surface area contributed by atoms with Crippen molar-refractivity contribution in [3.63, 3.8) is 0 Å². The molecule has 0 fully saturated rings. The van der Waals surface area contributed by atoms with E-state index in [0.29, 0.717) is 0 Å². The number of hydrogen-bond donors (Lipinski definition) is 0. The summed E-state index contributed by atoms with van der Waals surface area (Å²) in [6, 6.07) is 10.7. The molecule has 0 N–H and O–H groups in total. The molecule has 0 aromatic heterocycles. The van der Waals surface area contributed by atoms with E-state index in [-0.39, 0.29) is 0 Å². The Morgan fingerprint density at radius 2 is 1.93 bits per heavy atom. The van der Waals surface area contributed by atoms with Gasteiger partial charge in [0, 0.05) is 11.0 Å². The van der Waals surface area contributed by atoms with E-state index < -0.39 is 0 Å². The molecule has 0 saturated carbocycles. The fourth-order valence-corrected chi connectivity index (χ4v) is 2.39. The molecule has 0 aliphatic heterocycles. The van der Waals surface area contributed by atoms with Crippen molar-refractivity contribution in [3.05, 3.63) is 35.9 Å². The van der Waals surface area contributed by atoms with Crippen LogP contribution in [0.5, 0.6) is 0 Å². The molecule has 0 aliphatic rings. The molecule has 0 radical (unpaired) electrons. The summed E-state index contributed by atoms with van der Waals surface area (Å²) >= 11 is 2.07. The second-order valence-corrected chi connectivity index (χ2v) is 5.18. The first-order valence-corrected chi connectivity index (χ1v) is 6.53. The van der Waals surface area contributed by atoms with Crippen LogP contribution in [0, 0.1) is 0 Å². The summed E-state index contributed by atoms with van der Waals surface area (Å²) in [7, 11) is 0. The smallest absolute Gasteiger partial charge is 0.0187 e. The Balaban J connectivity index is 2.20. The zero-order valence-corrected chi connectivity index (χ0v) is 10.0. The summed E-state index contributed by atoms with van der Waals surface area (Å²) in [5, 5.41) is 0.801. The maximum atomic E-state index is 2.34. The van der Waals surface area contributed by atoms with E-state index in [1.807, 2.05) is 0 Å². The summed E-state index contributed by atoms with van der Waals surface area (Å²) < 4.78 is 0. The molecule has 0 aliphatic carbocycles. The van der Waals surface area contributed by atoms with Crippen LogP contribution in [-0.2, 0) is 5.75 Å². The number of hydrogen-bond acceptors (Lipinski definition) is 1. The van der Waals surface area contributed by atoms with Gasteiger partial charge in [-0.15, -0.1) is 0 Å². The van der Waals surface area contributed by atoms with Crippen LogP contribution >= 0.6 is 11.8 Å². The van der Waals surface area contributed by atoms with Gasteiger partial charge in [-0.2, -0.15) is 11.8 Å². The first-order valence-electron chi connectivity index (χ1n) is 5.48. The van der Waals surface area contributed by atoms with Crippen molar-refractivity contribution in [2.75, 3.05) is 0 Å². The number of thioether (sulfide) groups is 1.